The highest BCUT2D eigenvalue weighted by atomic mass is 35.5. The molecule has 0 spiro atoms. The minimum atomic E-state index is -0.861. The number of rotatable bonds is 3. The van der Waals surface area contributed by atoms with Gasteiger partial charge in [0.05, 0.1) is 0 Å². The number of nitrogens with zero attached hydrogens (tertiary/aromatic N) is 1. The Morgan fingerprint density at radius 2 is 1.84 bits per heavy atom. The molecule has 2 heterocycles. The summed E-state index contributed by atoms with van der Waals surface area (Å²) >= 11 is 0. The van der Waals surface area contributed by atoms with E-state index < -0.39 is 11.6 Å². The van der Waals surface area contributed by atoms with Crippen LogP contribution in [-0.2, 0) is 0 Å². The number of benzene rings is 1. The maximum atomic E-state index is 13.5. The van der Waals surface area contributed by atoms with Crippen LogP contribution in [0.3, 0.4) is 0 Å². The van der Waals surface area contributed by atoms with Crippen LogP contribution in [0.5, 0.6) is 0 Å². The summed E-state index contributed by atoms with van der Waals surface area (Å²) in [4.78, 5) is 16.2. The van der Waals surface area contributed by atoms with Crippen molar-refractivity contribution in [2.75, 3.05) is 13.1 Å². The van der Waals surface area contributed by atoms with Crippen molar-refractivity contribution in [3.63, 3.8) is 0 Å². The lowest BCUT2D eigenvalue weighted by Gasteiger charge is -2.33. The van der Waals surface area contributed by atoms with E-state index in [4.69, 9.17) is 0 Å². The van der Waals surface area contributed by atoms with Crippen LogP contribution in [0.4, 0.5) is 8.78 Å². The quantitative estimate of drug-likeness (QED) is 0.847. The number of carbonyl (C=O) groups is 1. The summed E-state index contributed by atoms with van der Waals surface area (Å²) in [6.07, 6.45) is 3.86. The van der Waals surface area contributed by atoms with Crippen molar-refractivity contribution in [3.8, 4) is 0 Å². The zero-order valence-corrected chi connectivity index (χ0v) is 14.9. The van der Waals surface area contributed by atoms with Crippen molar-refractivity contribution in [2.24, 2.45) is 0 Å². The minimum absolute atomic E-state index is 0. The summed E-state index contributed by atoms with van der Waals surface area (Å²) in [6, 6.07) is 7.02. The molecule has 0 aliphatic carbocycles. The highest BCUT2D eigenvalue weighted by molar-refractivity contribution is 5.94. The molecule has 1 aliphatic rings. The van der Waals surface area contributed by atoms with Crippen molar-refractivity contribution in [1.29, 1.82) is 0 Å². The molecule has 136 valence electrons. The second-order valence-corrected chi connectivity index (χ2v) is 5.59. The minimum Gasteiger partial charge on any atom is -0.347 e. The van der Waals surface area contributed by atoms with E-state index in [1.54, 1.807) is 30.6 Å². The molecular weight excluding hydrogens is 371 g/mol. The number of pyridine rings is 1. The lowest BCUT2D eigenvalue weighted by Crippen LogP contribution is -2.50. The van der Waals surface area contributed by atoms with Gasteiger partial charge in [-0.25, -0.2) is 8.78 Å². The van der Waals surface area contributed by atoms with E-state index in [1.165, 1.54) is 6.07 Å². The summed E-state index contributed by atoms with van der Waals surface area (Å²) in [5.41, 5.74) is 1.22. The highest BCUT2D eigenvalue weighted by Crippen LogP contribution is 2.27. The average molecular weight is 390 g/mol. The number of piperidine rings is 1. The van der Waals surface area contributed by atoms with Gasteiger partial charge in [0.25, 0.3) is 5.91 Å². The Morgan fingerprint density at radius 1 is 1.12 bits per heavy atom. The molecule has 2 aromatic rings. The van der Waals surface area contributed by atoms with E-state index in [1.807, 2.05) is 0 Å². The molecule has 1 aliphatic heterocycles. The van der Waals surface area contributed by atoms with Gasteiger partial charge >= 0.3 is 0 Å². The third-order valence-corrected chi connectivity index (χ3v) is 4.11. The summed E-state index contributed by atoms with van der Waals surface area (Å²) in [5, 5.41) is 6.19. The zero-order valence-electron chi connectivity index (χ0n) is 13.2. The van der Waals surface area contributed by atoms with Gasteiger partial charge in [-0.05, 0) is 42.8 Å². The fourth-order valence-electron chi connectivity index (χ4n) is 2.91. The third-order valence-electron chi connectivity index (χ3n) is 4.11. The molecule has 0 radical (unpaired) electrons. The van der Waals surface area contributed by atoms with Crippen LogP contribution >= 0.6 is 24.8 Å². The zero-order chi connectivity index (χ0) is 16.2. The molecule has 1 saturated heterocycles. The summed E-state index contributed by atoms with van der Waals surface area (Å²) in [7, 11) is 0. The molecular formula is C17H19Cl2F2N3O. The Labute approximate surface area is 157 Å². The maximum Gasteiger partial charge on any atom is 0.251 e. The Kier molecular flexibility index (Phi) is 8.22. The van der Waals surface area contributed by atoms with E-state index >= 15 is 0 Å². The Morgan fingerprint density at radius 3 is 2.52 bits per heavy atom. The van der Waals surface area contributed by atoms with Crippen molar-refractivity contribution in [2.45, 2.75) is 18.4 Å². The van der Waals surface area contributed by atoms with Crippen molar-refractivity contribution in [3.05, 3.63) is 65.5 Å². The molecule has 2 atom stereocenters. The molecule has 1 aromatic heterocycles. The van der Waals surface area contributed by atoms with Crippen LogP contribution in [0.1, 0.15) is 28.3 Å². The fraction of sp³-hybridized carbons (Fsp3) is 0.294. The van der Waals surface area contributed by atoms with Gasteiger partial charge in [-0.2, -0.15) is 0 Å². The van der Waals surface area contributed by atoms with Crippen LogP contribution < -0.4 is 10.6 Å². The van der Waals surface area contributed by atoms with Crippen molar-refractivity contribution in [1.82, 2.24) is 15.6 Å². The number of nitrogens with one attached hydrogen (secondary N) is 2. The first-order valence-electron chi connectivity index (χ1n) is 7.51. The largest absolute Gasteiger partial charge is 0.347 e. The normalized spacial score (nSPS) is 19.3. The molecule has 0 saturated carbocycles. The van der Waals surface area contributed by atoms with Gasteiger partial charge in [0, 0.05) is 36.5 Å². The smallest absolute Gasteiger partial charge is 0.251 e. The van der Waals surface area contributed by atoms with Gasteiger partial charge in [-0.1, -0.05) is 6.07 Å². The molecule has 1 amide bonds. The Bertz CT molecular complexity index is 704. The predicted octanol–water partition coefficient (Wildman–Crippen LogP) is 3.08. The van der Waals surface area contributed by atoms with Gasteiger partial charge < -0.3 is 10.6 Å². The number of carbonyl (C=O) groups excluding carboxylic acids is 1. The monoisotopic (exact) mass is 389 g/mol. The van der Waals surface area contributed by atoms with Gasteiger partial charge in [0.2, 0.25) is 0 Å². The van der Waals surface area contributed by atoms with E-state index in [-0.39, 0.29) is 42.7 Å². The predicted molar refractivity (Wildman–Crippen MR) is 96.6 cm³/mol. The molecule has 25 heavy (non-hydrogen) atoms. The molecule has 3 rings (SSSR count). The van der Waals surface area contributed by atoms with Crippen LogP contribution in [0.2, 0.25) is 0 Å². The lowest BCUT2D eigenvalue weighted by atomic mass is 9.86. The molecule has 4 nitrogen and oxygen atoms in total. The topological polar surface area (TPSA) is 54.0 Å². The van der Waals surface area contributed by atoms with Crippen LogP contribution in [0.15, 0.2) is 42.7 Å². The number of amides is 1. The summed E-state index contributed by atoms with van der Waals surface area (Å²) < 4.78 is 26.6. The number of halogens is 4. The molecule has 8 heteroatoms. The average Bonchev–Trinajstić information content (AvgIpc) is 2.59. The lowest BCUT2D eigenvalue weighted by molar-refractivity contribution is 0.0924. The maximum absolute atomic E-state index is 13.5. The molecule has 1 fully saturated rings. The third kappa shape index (κ3) is 5.11. The van der Waals surface area contributed by atoms with Crippen molar-refractivity contribution >= 4 is 30.7 Å². The number of aromatic nitrogens is 1. The second-order valence-electron chi connectivity index (χ2n) is 5.59. The second kappa shape index (κ2) is 9.65. The first kappa shape index (κ1) is 21.3. The molecule has 0 bridgehead atoms. The van der Waals surface area contributed by atoms with E-state index in [9.17, 15) is 13.6 Å². The van der Waals surface area contributed by atoms with Crippen LogP contribution in [-0.4, -0.2) is 30.0 Å². The summed E-state index contributed by atoms with van der Waals surface area (Å²) in [5.74, 6) is -1.98. The molecule has 2 N–H and O–H groups in total. The highest BCUT2D eigenvalue weighted by Gasteiger charge is 2.28. The molecule has 1 aromatic carbocycles. The van der Waals surface area contributed by atoms with Gasteiger partial charge in [-0.15, -0.1) is 24.8 Å². The van der Waals surface area contributed by atoms with Gasteiger partial charge in [-0.3, -0.25) is 9.78 Å². The summed E-state index contributed by atoms with van der Waals surface area (Å²) in [6.45, 7) is 1.35. The van der Waals surface area contributed by atoms with E-state index in [0.29, 0.717) is 17.7 Å². The number of hydrogen-bond donors (Lipinski definition) is 2. The first-order valence-corrected chi connectivity index (χ1v) is 7.51. The SMILES string of the molecule is Cl.Cl.O=C(NC1CNCCC1c1ccc(F)c(F)c1)c1ccncc1. The standard InChI is InChI=1S/C17H17F2N3O.2ClH/c18-14-2-1-12(9-15(14)19)13-5-8-21-10-16(13)22-17(23)11-3-6-20-7-4-11;;/h1-4,6-7,9,13,16,21H,5,8,10H2,(H,22,23);2*1H. The van der Waals surface area contributed by atoms with Gasteiger partial charge in [0.15, 0.2) is 11.6 Å². The van der Waals surface area contributed by atoms with Crippen LogP contribution in [0, 0.1) is 11.6 Å². The van der Waals surface area contributed by atoms with E-state index in [0.717, 1.165) is 19.0 Å². The van der Waals surface area contributed by atoms with Crippen molar-refractivity contribution < 1.29 is 13.6 Å². The van der Waals surface area contributed by atoms with Gasteiger partial charge in [0.1, 0.15) is 0 Å². The fourth-order valence-corrected chi connectivity index (χ4v) is 2.91. The molecule has 2 unspecified atom stereocenters. The Hall–Kier alpha value is -1.76. The number of hydrogen-bond acceptors (Lipinski definition) is 3. The first-order chi connectivity index (χ1) is 11.1. The van der Waals surface area contributed by atoms with Crippen LogP contribution in [0.25, 0.3) is 0 Å². The Balaban J connectivity index is 0.00000156. The van der Waals surface area contributed by atoms with E-state index in [2.05, 4.69) is 15.6 Å².